The fourth-order valence-electron chi connectivity index (χ4n) is 2.99. The van der Waals surface area contributed by atoms with Crippen molar-refractivity contribution in [1.82, 2.24) is 4.31 Å². The highest BCUT2D eigenvalue weighted by Gasteiger charge is 2.35. The molecule has 1 aliphatic rings. The standard InChI is InChI=1S/C17H26N2O3S/c1-12(2)17(20)18-15-8-10-16(11-9-15)23(21,22)19-13(3)6-5-7-14(19)4/h8-14H,5-7H2,1-4H3,(H,18,20)/t13-,14-/m0/s1. The molecule has 2 atom stereocenters. The largest absolute Gasteiger partial charge is 0.326 e. The molecule has 0 unspecified atom stereocenters. The van der Waals surface area contributed by atoms with Crippen molar-refractivity contribution in [1.29, 1.82) is 0 Å². The Morgan fingerprint density at radius 3 is 2.13 bits per heavy atom. The molecule has 0 bridgehead atoms. The first-order valence-electron chi connectivity index (χ1n) is 8.18. The summed E-state index contributed by atoms with van der Waals surface area (Å²) in [5.41, 5.74) is 0.613. The molecule has 1 aromatic carbocycles. The molecular weight excluding hydrogens is 312 g/mol. The molecule has 6 heteroatoms. The molecule has 1 fully saturated rings. The Balaban J connectivity index is 2.22. The van der Waals surface area contributed by atoms with Gasteiger partial charge in [-0.25, -0.2) is 8.42 Å². The van der Waals surface area contributed by atoms with Crippen LogP contribution < -0.4 is 5.32 Å². The average molecular weight is 338 g/mol. The molecule has 1 amide bonds. The van der Waals surface area contributed by atoms with Crippen LogP contribution in [0.3, 0.4) is 0 Å². The van der Waals surface area contributed by atoms with Crippen molar-refractivity contribution in [2.24, 2.45) is 5.92 Å². The van der Waals surface area contributed by atoms with Gasteiger partial charge in [-0.3, -0.25) is 4.79 Å². The van der Waals surface area contributed by atoms with Gasteiger partial charge in [0.15, 0.2) is 0 Å². The summed E-state index contributed by atoms with van der Waals surface area (Å²) in [6, 6.07) is 6.46. The number of hydrogen-bond donors (Lipinski definition) is 1. The fraction of sp³-hybridized carbons (Fsp3) is 0.588. The molecule has 2 rings (SSSR count). The lowest BCUT2D eigenvalue weighted by molar-refractivity contribution is -0.118. The summed E-state index contributed by atoms with van der Waals surface area (Å²) >= 11 is 0. The minimum absolute atomic E-state index is 0.0177. The van der Waals surface area contributed by atoms with E-state index in [1.165, 1.54) is 0 Å². The predicted molar refractivity (Wildman–Crippen MR) is 91.7 cm³/mol. The van der Waals surface area contributed by atoms with Gasteiger partial charge in [0.1, 0.15) is 0 Å². The molecule has 0 aliphatic carbocycles. The molecule has 1 aliphatic heterocycles. The lowest BCUT2D eigenvalue weighted by Crippen LogP contribution is -2.47. The quantitative estimate of drug-likeness (QED) is 0.916. The Bertz CT molecular complexity index is 643. The number of carbonyl (C=O) groups is 1. The van der Waals surface area contributed by atoms with Crippen LogP contribution >= 0.6 is 0 Å². The Morgan fingerprint density at radius 2 is 1.65 bits per heavy atom. The number of amides is 1. The van der Waals surface area contributed by atoms with Crippen LogP contribution in [0.5, 0.6) is 0 Å². The third kappa shape index (κ3) is 3.93. The number of piperidine rings is 1. The second-order valence-electron chi connectivity index (χ2n) is 6.63. The number of nitrogens with one attached hydrogen (secondary N) is 1. The molecule has 0 saturated carbocycles. The van der Waals surface area contributed by atoms with Gasteiger partial charge >= 0.3 is 0 Å². The number of carbonyl (C=O) groups excluding carboxylic acids is 1. The topological polar surface area (TPSA) is 66.5 Å². The Hall–Kier alpha value is -1.40. The first-order chi connectivity index (χ1) is 10.7. The van der Waals surface area contributed by atoms with E-state index in [0.29, 0.717) is 5.69 Å². The maximum absolute atomic E-state index is 12.9. The smallest absolute Gasteiger partial charge is 0.243 e. The van der Waals surface area contributed by atoms with Gasteiger partial charge in [-0.15, -0.1) is 0 Å². The Kier molecular flexibility index (Phi) is 5.47. The van der Waals surface area contributed by atoms with E-state index in [1.54, 1.807) is 28.6 Å². The van der Waals surface area contributed by atoms with Gasteiger partial charge in [0.2, 0.25) is 15.9 Å². The van der Waals surface area contributed by atoms with Crippen LogP contribution in [0, 0.1) is 5.92 Å². The van der Waals surface area contributed by atoms with Crippen LogP contribution in [0.15, 0.2) is 29.2 Å². The lowest BCUT2D eigenvalue weighted by Gasteiger charge is -2.37. The summed E-state index contributed by atoms with van der Waals surface area (Å²) in [5, 5.41) is 2.77. The molecule has 0 radical (unpaired) electrons. The molecule has 0 aromatic heterocycles. The van der Waals surface area contributed by atoms with Gasteiger partial charge in [-0.2, -0.15) is 4.31 Å². The molecule has 1 heterocycles. The van der Waals surface area contributed by atoms with E-state index >= 15 is 0 Å². The van der Waals surface area contributed by atoms with Crippen molar-refractivity contribution in [2.45, 2.75) is 63.9 Å². The average Bonchev–Trinajstić information content (AvgIpc) is 2.47. The molecule has 128 valence electrons. The summed E-state index contributed by atoms with van der Waals surface area (Å²) in [5.74, 6) is -0.202. The third-order valence-corrected chi connectivity index (χ3v) is 6.48. The summed E-state index contributed by atoms with van der Waals surface area (Å²) in [4.78, 5) is 12.0. The van der Waals surface area contributed by atoms with Crippen molar-refractivity contribution in [3.63, 3.8) is 0 Å². The highest BCUT2D eigenvalue weighted by molar-refractivity contribution is 7.89. The summed E-state index contributed by atoms with van der Waals surface area (Å²) in [6.45, 7) is 7.55. The number of anilines is 1. The number of nitrogens with zero attached hydrogens (tertiary/aromatic N) is 1. The number of rotatable bonds is 4. The lowest BCUT2D eigenvalue weighted by atomic mass is 10.0. The maximum atomic E-state index is 12.9. The van der Waals surface area contributed by atoms with Crippen LogP contribution in [-0.2, 0) is 14.8 Å². The minimum Gasteiger partial charge on any atom is -0.326 e. The maximum Gasteiger partial charge on any atom is 0.243 e. The van der Waals surface area contributed by atoms with Crippen LogP contribution in [0.25, 0.3) is 0 Å². The van der Waals surface area contributed by atoms with Crippen molar-refractivity contribution in [2.75, 3.05) is 5.32 Å². The van der Waals surface area contributed by atoms with Gasteiger partial charge in [0, 0.05) is 23.7 Å². The summed E-state index contributed by atoms with van der Waals surface area (Å²) in [6.07, 6.45) is 2.85. The third-order valence-electron chi connectivity index (χ3n) is 4.33. The Morgan fingerprint density at radius 1 is 1.13 bits per heavy atom. The van der Waals surface area contributed by atoms with E-state index in [9.17, 15) is 13.2 Å². The zero-order valence-electron chi connectivity index (χ0n) is 14.2. The first kappa shape index (κ1) is 17.9. The van der Waals surface area contributed by atoms with E-state index in [0.717, 1.165) is 19.3 Å². The zero-order valence-corrected chi connectivity index (χ0v) is 15.1. The SMILES string of the molecule is CC(C)C(=O)Nc1ccc(S(=O)(=O)N2[C@@H](C)CCC[C@@H]2C)cc1. The summed E-state index contributed by atoms with van der Waals surface area (Å²) < 4.78 is 27.4. The minimum atomic E-state index is -3.50. The van der Waals surface area contributed by atoms with E-state index in [2.05, 4.69) is 5.32 Å². The van der Waals surface area contributed by atoms with Gasteiger partial charge in [0.25, 0.3) is 0 Å². The first-order valence-corrected chi connectivity index (χ1v) is 9.62. The van der Waals surface area contributed by atoms with E-state index in [-0.39, 0.29) is 28.8 Å². The fourth-order valence-corrected chi connectivity index (χ4v) is 4.87. The highest BCUT2D eigenvalue weighted by atomic mass is 32.2. The van der Waals surface area contributed by atoms with Crippen molar-refractivity contribution >= 4 is 21.6 Å². The van der Waals surface area contributed by atoms with Gasteiger partial charge < -0.3 is 5.32 Å². The van der Waals surface area contributed by atoms with Gasteiger partial charge in [-0.1, -0.05) is 20.3 Å². The number of hydrogen-bond acceptors (Lipinski definition) is 3. The van der Waals surface area contributed by atoms with E-state index < -0.39 is 10.0 Å². The molecular formula is C17H26N2O3S. The molecule has 23 heavy (non-hydrogen) atoms. The number of sulfonamides is 1. The Labute approximate surface area is 139 Å². The summed E-state index contributed by atoms with van der Waals surface area (Å²) in [7, 11) is -3.50. The van der Waals surface area contributed by atoms with Crippen LogP contribution in [0.4, 0.5) is 5.69 Å². The van der Waals surface area contributed by atoms with E-state index in [4.69, 9.17) is 0 Å². The van der Waals surface area contributed by atoms with Crippen molar-refractivity contribution in [3.8, 4) is 0 Å². The van der Waals surface area contributed by atoms with Crippen molar-refractivity contribution < 1.29 is 13.2 Å². The van der Waals surface area contributed by atoms with Gasteiger partial charge in [0.05, 0.1) is 4.90 Å². The highest BCUT2D eigenvalue weighted by Crippen LogP contribution is 2.29. The zero-order chi connectivity index (χ0) is 17.2. The molecule has 5 nitrogen and oxygen atoms in total. The second kappa shape index (κ2) is 7.01. The molecule has 1 saturated heterocycles. The van der Waals surface area contributed by atoms with E-state index in [1.807, 2.05) is 27.7 Å². The monoisotopic (exact) mass is 338 g/mol. The van der Waals surface area contributed by atoms with Crippen LogP contribution in [0.2, 0.25) is 0 Å². The van der Waals surface area contributed by atoms with Crippen LogP contribution in [-0.4, -0.2) is 30.7 Å². The predicted octanol–water partition coefficient (Wildman–Crippen LogP) is 3.23. The normalized spacial score (nSPS) is 23.0. The van der Waals surface area contributed by atoms with Crippen LogP contribution in [0.1, 0.15) is 47.0 Å². The number of benzene rings is 1. The molecule has 1 aromatic rings. The van der Waals surface area contributed by atoms with Gasteiger partial charge in [-0.05, 0) is 51.0 Å². The molecule has 0 spiro atoms. The second-order valence-corrected chi connectivity index (χ2v) is 8.48. The molecule has 1 N–H and O–H groups in total. The van der Waals surface area contributed by atoms with Crippen molar-refractivity contribution in [3.05, 3.63) is 24.3 Å².